The number of ether oxygens (including phenoxy) is 2. The van der Waals surface area contributed by atoms with Gasteiger partial charge in [-0.1, -0.05) is 6.07 Å². The third-order valence-corrected chi connectivity index (χ3v) is 4.66. The van der Waals surface area contributed by atoms with Gasteiger partial charge in [-0.15, -0.1) is 0 Å². The zero-order chi connectivity index (χ0) is 21.5. The molecular weight excluding hydrogens is 390 g/mol. The summed E-state index contributed by atoms with van der Waals surface area (Å²) in [7, 11) is 3.55. The Kier molecular flexibility index (Phi) is 6.23. The predicted molar refractivity (Wildman–Crippen MR) is 121 cm³/mol. The third kappa shape index (κ3) is 5.27. The standard InChI is InChI=1S/C24H23N5O2/c1-29-22(12-14-26-29)10-9-20-15-19(27-28-20)8-6-18-7-11-23(16-24(18)30-2)31-17-21-5-3-4-13-25-21/h3-16H,17H2,1-2H3,(H,27,28)/b8-6+,10-9+. The molecule has 0 bridgehead atoms. The van der Waals surface area contributed by atoms with Crippen molar-refractivity contribution in [2.24, 2.45) is 7.05 Å². The Morgan fingerprint density at radius 1 is 1.00 bits per heavy atom. The number of hydrogen-bond acceptors (Lipinski definition) is 5. The first-order valence-corrected chi connectivity index (χ1v) is 9.81. The molecule has 0 atom stereocenters. The van der Waals surface area contributed by atoms with E-state index in [0.29, 0.717) is 6.61 Å². The third-order valence-electron chi connectivity index (χ3n) is 4.66. The van der Waals surface area contributed by atoms with Crippen molar-refractivity contribution in [3.05, 3.63) is 89.3 Å². The van der Waals surface area contributed by atoms with Crippen molar-refractivity contribution < 1.29 is 9.47 Å². The Balaban J connectivity index is 1.42. The average molecular weight is 413 g/mol. The number of aryl methyl sites for hydroxylation is 1. The van der Waals surface area contributed by atoms with Gasteiger partial charge >= 0.3 is 0 Å². The van der Waals surface area contributed by atoms with E-state index in [-0.39, 0.29) is 0 Å². The van der Waals surface area contributed by atoms with Crippen LogP contribution in [0.2, 0.25) is 0 Å². The molecule has 31 heavy (non-hydrogen) atoms. The molecule has 0 unspecified atom stereocenters. The lowest BCUT2D eigenvalue weighted by atomic mass is 10.1. The molecule has 7 heteroatoms. The van der Waals surface area contributed by atoms with Gasteiger partial charge in [0.15, 0.2) is 0 Å². The summed E-state index contributed by atoms with van der Waals surface area (Å²) in [4.78, 5) is 4.26. The average Bonchev–Trinajstić information content (AvgIpc) is 3.44. The molecule has 1 N–H and O–H groups in total. The molecule has 0 fully saturated rings. The summed E-state index contributed by atoms with van der Waals surface area (Å²) in [5.74, 6) is 1.45. The number of methoxy groups -OCH3 is 1. The summed E-state index contributed by atoms with van der Waals surface area (Å²) in [6, 6.07) is 15.4. The van der Waals surface area contributed by atoms with E-state index in [1.165, 1.54) is 0 Å². The van der Waals surface area contributed by atoms with Crippen molar-refractivity contribution in [1.82, 2.24) is 25.0 Å². The minimum atomic E-state index is 0.404. The van der Waals surface area contributed by atoms with Crippen LogP contribution in [0.1, 0.15) is 28.3 Å². The van der Waals surface area contributed by atoms with Gasteiger partial charge in [0.2, 0.25) is 0 Å². The van der Waals surface area contributed by atoms with Crippen molar-refractivity contribution in [3.63, 3.8) is 0 Å². The van der Waals surface area contributed by atoms with Crippen LogP contribution < -0.4 is 9.47 Å². The highest BCUT2D eigenvalue weighted by atomic mass is 16.5. The normalized spacial score (nSPS) is 11.4. The quantitative estimate of drug-likeness (QED) is 0.461. The fraction of sp³-hybridized carbons (Fsp3) is 0.125. The molecule has 0 spiro atoms. The molecule has 156 valence electrons. The maximum Gasteiger partial charge on any atom is 0.130 e. The summed E-state index contributed by atoms with van der Waals surface area (Å²) in [5, 5.41) is 11.5. The molecule has 0 aliphatic rings. The van der Waals surface area contributed by atoms with Crippen LogP contribution >= 0.6 is 0 Å². The number of nitrogens with one attached hydrogen (secondary N) is 1. The Morgan fingerprint density at radius 2 is 1.94 bits per heavy atom. The highest BCUT2D eigenvalue weighted by Crippen LogP contribution is 2.27. The zero-order valence-electron chi connectivity index (χ0n) is 17.4. The fourth-order valence-electron chi connectivity index (χ4n) is 2.98. The largest absolute Gasteiger partial charge is 0.496 e. The predicted octanol–water partition coefficient (Wildman–Crippen LogP) is 4.47. The van der Waals surface area contributed by atoms with Gasteiger partial charge in [0.05, 0.1) is 29.9 Å². The van der Waals surface area contributed by atoms with E-state index in [1.54, 1.807) is 19.5 Å². The SMILES string of the molecule is COc1cc(OCc2ccccn2)ccc1/C=C/c1cc(/C=C/c2ccnn2C)[nH]n1. The molecule has 1 aromatic carbocycles. The highest BCUT2D eigenvalue weighted by Gasteiger charge is 2.04. The number of aromatic amines is 1. The summed E-state index contributed by atoms with van der Waals surface area (Å²) < 4.78 is 13.2. The van der Waals surface area contributed by atoms with Crippen LogP contribution in [-0.4, -0.2) is 32.1 Å². The van der Waals surface area contributed by atoms with Gasteiger partial charge in [-0.05, 0) is 60.7 Å². The second-order valence-electron chi connectivity index (χ2n) is 6.81. The van der Waals surface area contributed by atoms with Gasteiger partial charge in [0, 0.05) is 31.1 Å². The van der Waals surface area contributed by atoms with Crippen LogP contribution in [0.25, 0.3) is 24.3 Å². The maximum atomic E-state index is 5.82. The second-order valence-corrected chi connectivity index (χ2v) is 6.81. The molecule has 3 aromatic heterocycles. The number of benzene rings is 1. The summed E-state index contributed by atoms with van der Waals surface area (Å²) in [5.41, 5.74) is 4.55. The van der Waals surface area contributed by atoms with Crippen LogP contribution in [0.4, 0.5) is 0 Å². The lowest BCUT2D eigenvalue weighted by molar-refractivity contribution is 0.299. The summed E-state index contributed by atoms with van der Waals surface area (Å²) >= 11 is 0. The first kappa shape index (κ1) is 20.2. The smallest absolute Gasteiger partial charge is 0.130 e. The molecule has 0 aliphatic carbocycles. The van der Waals surface area contributed by atoms with E-state index in [2.05, 4.69) is 20.3 Å². The van der Waals surface area contributed by atoms with E-state index in [4.69, 9.17) is 9.47 Å². The lowest BCUT2D eigenvalue weighted by Crippen LogP contribution is -1.98. The van der Waals surface area contributed by atoms with Crippen molar-refractivity contribution in [3.8, 4) is 11.5 Å². The summed E-state index contributed by atoms with van der Waals surface area (Å²) in [6.07, 6.45) is 11.4. The van der Waals surface area contributed by atoms with E-state index in [0.717, 1.165) is 39.8 Å². The number of H-pyrrole nitrogens is 1. The van der Waals surface area contributed by atoms with Gasteiger partial charge in [-0.2, -0.15) is 10.2 Å². The van der Waals surface area contributed by atoms with E-state index >= 15 is 0 Å². The molecule has 7 nitrogen and oxygen atoms in total. The molecule has 0 aliphatic heterocycles. The maximum absolute atomic E-state index is 5.82. The second kappa shape index (κ2) is 9.58. The number of rotatable bonds is 8. The molecule has 0 amide bonds. The van der Waals surface area contributed by atoms with Crippen molar-refractivity contribution in [2.75, 3.05) is 7.11 Å². The summed E-state index contributed by atoms with van der Waals surface area (Å²) in [6.45, 7) is 0.404. The molecule has 0 saturated heterocycles. The van der Waals surface area contributed by atoms with E-state index in [9.17, 15) is 0 Å². The Bertz CT molecular complexity index is 1190. The zero-order valence-corrected chi connectivity index (χ0v) is 17.4. The van der Waals surface area contributed by atoms with Gasteiger partial charge < -0.3 is 9.47 Å². The number of aromatic nitrogens is 5. The van der Waals surface area contributed by atoms with Crippen molar-refractivity contribution in [2.45, 2.75) is 6.61 Å². The minimum Gasteiger partial charge on any atom is -0.496 e. The molecule has 0 saturated carbocycles. The van der Waals surface area contributed by atoms with Gasteiger partial charge in [0.25, 0.3) is 0 Å². The van der Waals surface area contributed by atoms with Crippen LogP contribution in [0.3, 0.4) is 0 Å². The Hall–Kier alpha value is -4.13. The van der Waals surface area contributed by atoms with Crippen molar-refractivity contribution in [1.29, 1.82) is 0 Å². The Morgan fingerprint density at radius 3 is 2.71 bits per heavy atom. The number of pyridine rings is 1. The molecule has 4 aromatic rings. The molecular formula is C24H23N5O2. The molecule has 4 rings (SSSR count). The van der Waals surface area contributed by atoms with Crippen LogP contribution in [0.5, 0.6) is 11.5 Å². The highest BCUT2D eigenvalue weighted by molar-refractivity contribution is 5.73. The fourth-order valence-corrected chi connectivity index (χ4v) is 2.98. The number of nitrogens with zero attached hydrogens (tertiary/aromatic N) is 4. The van der Waals surface area contributed by atoms with Crippen LogP contribution in [-0.2, 0) is 13.7 Å². The van der Waals surface area contributed by atoms with E-state index in [1.807, 2.05) is 84.6 Å². The van der Waals surface area contributed by atoms with E-state index < -0.39 is 0 Å². The van der Waals surface area contributed by atoms with Crippen molar-refractivity contribution >= 4 is 24.3 Å². The first-order chi connectivity index (χ1) is 15.2. The molecule has 3 heterocycles. The van der Waals surface area contributed by atoms with Gasteiger partial charge in [-0.25, -0.2) is 0 Å². The van der Waals surface area contributed by atoms with Crippen LogP contribution in [0.15, 0.2) is 60.9 Å². The van der Waals surface area contributed by atoms with Crippen LogP contribution in [0, 0.1) is 0 Å². The topological polar surface area (TPSA) is 77.9 Å². The minimum absolute atomic E-state index is 0.404. The Labute approximate surface area is 180 Å². The van der Waals surface area contributed by atoms with Gasteiger partial charge in [0.1, 0.15) is 18.1 Å². The molecule has 0 radical (unpaired) electrons. The number of hydrogen-bond donors (Lipinski definition) is 1. The van der Waals surface area contributed by atoms with Gasteiger partial charge in [-0.3, -0.25) is 14.8 Å². The first-order valence-electron chi connectivity index (χ1n) is 9.81. The monoisotopic (exact) mass is 413 g/mol. The lowest BCUT2D eigenvalue weighted by Gasteiger charge is -2.09.